The van der Waals surface area contributed by atoms with E-state index in [1.54, 1.807) is 13.1 Å². The number of fused-ring (bicyclic) bond motifs is 5. The third-order valence-corrected chi connectivity index (χ3v) is 7.28. The first kappa shape index (κ1) is 16.6. The molecule has 4 nitrogen and oxygen atoms in total. The molecule has 4 rings (SSSR count). The molecule has 2 fully saturated rings. The molecule has 1 aromatic rings. The molecule has 3 aliphatic carbocycles. The number of ketones is 1. The van der Waals surface area contributed by atoms with Gasteiger partial charge in [0.15, 0.2) is 0 Å². The summed E-state index contributed by atoms with van der Waals surface area (Å²) in [5, 5.41) is 12.4. The zero-order valence-corrected chi connectivity index (χ0v) is 15.0. The fraction of sp³-hybridized carbons (Fsp3) is 0.619. The number of Topliss-reactive ketones (excluding diaryl/α,β-unsaturated/α-hetero) is 1. The highest BCUT2D eigenvalue weighted by atomic mass is 16.3. The van der Waals surface area contributed by atoms with Gasteiger partial charge in [-0.05, 0) is 73.1 Å². The number of aromatic hydroxyl groups is 1. The van der Waals surface area contributed by atoms with Gasteiger partial charge in [-0.15, -0.1) is 0 Å². The number of hydrogen-bond donors (Lipinski definition) is 2. The summed E-state index contributed by atoms with van der Waals surface area (Å²) in [5.74, 6) is 1.92. The summed E-state index contributed by atoms with van der Waals surface area (Å²) in [6.45, 7) is 2.15. The Labute approximate surface area is 149 Å². The lowest BCUT2D eigenvalue weighted by molar-refractivity contribution is -0.134. The normalized spacial score (nSPS) is 36.3. The van der Waals surface area contributed by atoms with E-state index in [-0.39, 0.29) is 17.2 Å². The van der Waals surface area contributed by atoms with Crippen molar-refractivity contribution in [3.63, 3.8) is 0 Å². The molecule has 5 atom stereocenters. The zero-order valence-electron chi connectivity index (χ0n) is 15.0. The van der Waals surface area contributed by atoms with Crippen molar-refractivity contribution in [1.82, 2.24) is 5.32 Å². The van der Waals surface area contributed by atoms with Crippen LogP contribution in [0.25, 0.3) is 0 Å². The first-order valence-corrected chi connectivity index (χ1v) is 9.50. The number of hydrogen-bond acceptors (Lipinski definition) is 3. The average molecular weight is 341 g/mol. The van der Waals surface area contributed by atoms with Crippen molar-refractivity contribution in [2.75, 3.05) is 7.05 Å². The molecule has 0 spiro atoms. The summed E-state index contributed by atoms with van der Waals surface area (Å²) in [6, 6.07) is 5.79. The van der Waals surface area contributed by atoms with Crippen molar-refractivity contribution >= 4 is 11.7 Å². The van der Waals surface area contributed by atoms with Gasteiger partial charge in [-0.1, -0.05) is 13.0 Å². The highest BCUT2D eigenvalue weighted by Gasteiger charge is 2.58. The smallest absolute Gasteiger partial charge is 0.220 e. The van der Waals surface area contributed by atoms with Crippen LogP contribution < -0.4 is 5.32 Å². The Kier molecular flexibility index (Phi) is 3.89. The van der Waals surface area contributed by atoms with Crippen LogP contribution >= 0.6 is 0 Å². The molecule has 3 aliphatic rings. The number of carbonyl (C=O) groups is 2. The van der Waals surface area contributed by atoms with E-state index >= 15 is 0 Å². The number of benzene rings is 1. The number of rotatable bonds is 2. The molecule has 25 heavy (non-hydrogen) atoms. The SMILES string of the molecule is CNC(=O)CC1CC2C3CCc4cc(O)ccc4C3CC[C@]2(C)C1=O. The van der Waals surface area contributed by atoms with Crippen LogP contribution in [0.5, 0.6) is 5.75 Å². The molecular formula is C21H27NO3. The van der Waals surface area contributed by atoms with E-state index < -0.39 is 0 Å². The summed E-state index contributed by atoms with van der Waals surface area (Å²) in [7, 11) is 1.64. The predicted molar refractivity (Wildman–Crippen MR) is 95.3 cm³/mol. The molecule has 2 saturated carbocycles. The highest BCUT2D eigenvalue weighted by molar-refractivity contribution is 5.93. The van der Waals surface area contributed by atoms with E-state index in [4.69, 9.17) is 0 Å². The van der Waals surface area contributed by atoms with Gasteiger partial charge in [-0.3, -0.25) is 9.59 Å². The number of aryl methyl sites for hydroxylation is 1. The molecule has 4 heteroatoms. The zero-order chi connectivity index (χ0) is 17.8. The summed E-state index contributed by atoms with van der Waals surface area (Å²) < 4.78 is 0. The van der Waals surface area contributed by atoms with Gasteiger partial charge in [-0.2, -0.15) is 0 Å². The minimum absolute atomic E-state index is 0.0263. The van der Waals surface area contributed by atoms with Gasteiger partial charge in [-0.25, -0.2) is 0 Å². The Morgan fingerprint density at radius 2 is 2.16 bits per heavy atom. The molecule has 1 aromatic carbocycles. The van der Waals surface area contributed by atoms with Crippen LogP contribution in [0.15, 0.2) is 18.2 Å². The third kappa shape index (κ3) is 2.49. The van der Waals surface area contributed by atoms with E-state index in [0.29, 0.717) is 35.7 Å². The van der Waals surface area contributed by atoms with Gasteiger partial charge in [0.2, 0.25) is 5.91 Å². The van der Waals surface area contributed by atoms with Crippen molar-refractivity contribution in [3.8, 4) is 5.75 Å². The van der Waals surface area contributed by atoms with Crippen molar-refractivity contribution in [3.05, 3.63) is 29.3 Å². The number of nitrogens with one attached hydrogen (secondary N) is 1. The summed E-state index contributed by atoms with van der Waals surface area (Å²) >= 11 is 0. The Balaban J connectivity index is 1.63. The third-order valence-electron chi connectivity index (χ3n) is 7.28. The summed E-state index contributed by atoms with van der Waals surface area (Å²) in [5.41, 5.74) is 2.39. The molecule has 2 N–H and O–H groups in total. The second-order valence-corrected chi connectivity index (χ2v) is 8.43. The van der Waals surface area contributed by atoms with Crippen LogP contribution in [0.3, 0.4) is 0 Å². The van der Waals surface area contributed by atoms with E-state index in [9.17, 15) is 14.7 Å². The number of amides is 1. The molecule has 134 valence electrons. The molecule has 0 saturated heterocycles. The Morgan fingerprint density at radius 3 is 2.92 bits per heavy atom. The maximum absolute atomic E-state index is 13.1. The van der Waals surface area contributed by atoms with Crippen LogP contribution in [0.1, 0.15) is 56.1 Å². The maximum atomic E-state index is 13.1. The molecule has 0 aliphatic heterocycles. The predicted octanol–water partition coefficient (Wildman–Crippen LogP) is 3.18. The molecule has 4 unspecified atom stereocenters. The van der Waals surface area contributed by atoms with Gasteiger partial charge >= 0.3 is 0 Å². The minimum Gasteiger partial charge on any atom is -0.508 e. The molecule has 0 aromatic heterocycles. The molecular weight excluding hydrogens is 314 g/mol. The van der Waals surface area contributed by atoms with Gasteiger partial charge in [0.05, 0.1) is 0 Å². The Bertz CT molecular complexity index is 728. The summed E-state index contributed by atoms with van der Waals surface area (Å²) in [4.78, 5) is 24.9. The molecule has 0 heterocycles. The monoisotopic (exact) mass is 341 g/mol. The molecule has 0 bridgehead atoms. The quantitative estimate of drug-likeness (QED) is 0.868. The standard InChI is InChI=1S/C21H27NO3/c1-21-8-7-16-15-6-4-14(23)9-12(15)3-5-17(16)18(21)10-13(20(21)25)11-19(24)22-2/h4,6,9,13,16-18,23H,3,5,7-8,10-11H2,1-2H3,(H,22,24)/t13?,16?,17?,18?,21-/m0/s1. The Hall–Kier alpha value is -1.84. The fourth-order valence-corrected chi connectivity index (χ4v) is 6.01. The van der Waals surface area contributed by atoms with Crippen LogP contribution in [0, 0.1) is 23.2 Å². The van der Waals surface area contributed by atoms with E-state index in [0.717, 1.165) is 32.1 Å². The fourth-order valence-electron chi connectivity index (χ4n) is 6.01. The second-order valence-electron chi connectivity index (χ2n) is 8.43. The van der Waals surface area contributed by atoms with Gasteiger partial charge in [0, 0.05) is 24.8 Å². The second kappa shape index (κ2) is 5.86. The number of phenols is 1. The van der Waals surface area contributed by atoms with Crippen LogP contribution in [-0.2, 0) is 16.0 Å². The Morgan fingerprint density at radius 1 is 1.36 bits per heavy atom. The van der Waals surface area contributed by atoms with Crippen molar-refractivity contribution in [2.45, 2.75) is 51.4 Å². The van der Waals surface area contributed by atoms with Crippen LogP contribution in [-0.4, -0.2) is 23.8 Å². The average Bonchev–Trinajstić information content (AvgIpc) is 2.85. The van der Waals surface area contributed by atoms with Gasteiger partial charge in [0.25, 0.3) is 0 Å². The van der Waals surface area contributed by atoms with E-state index in [1.165, 1.54) is 11.1 Å². The number of phenolic OH excluding ortho intramolecular Hbond substituents is 1. The van der Waals surface area contributed by atoms with Crippen molar-refractivity contribution in [2.24, 2.45) is 23.2 Å². The number of carbonyl (C=O) groups excluding carboxylic acids is 2. The minimum atomic E-state index is -0.256. The van der Waals surface area contributed by atoms with Crippen LogP contribution in [0.2, 0.25) is 0 Å². The lowest BCUT2D eigenvalue weighted by Crippen LogP contribution is -2.42. The largest absolute Gasteiger partial charge is 0.508 e. The van der Waals surface area contributed by atoms with Gasteiger partial charge in [0.1, 0.15) is 11.5 Å². The molecule has 0 radical (unpaired) electrons. The van der Waals surface area contributed by atoms with Crippen LogP contribution in [0.4, 0.5) is 0 Å². The molecule has 1 amide bonds. The maximum Gasteiger partial charge on any atom is 0.220 e. The topological polar surface area (TPSA) is 66.4 Å². The van der Waals surface area contributed by atoms with E-state index in [1.807, 2.05) is 6.07 Å². The lowest BCUT2D eigenvalue weighted by atomic mass is 9.55. The summed E-state index contributed by atoms with van der Waals surface area (Å²) in [6.07, 6.45) is 5.21. The lowest BCUT2D eigenvalue weighted by Gasteiger charge is -2.48. The first-order valence-electron chi connectivity index (χ1n) is 9.50. The first-order chi connectivity index (χ1) is 11.9. The van der Waals surface area contributed by atoms with Gasteiger partial charge < -0.3 is 10.4 Å². The van der Waals surface area contributed by atoms with Crippen molar-refractivity contribution < 1.29 is 14.7 Å². The highest BCUT2D eigenvalue weighted by Crippen LogP contribution is 2.61. The van der Waals surface area contributed by atoms with E-state index in [2.05, 4.69) is 18.3 Å². The van der Waals surface area contributed by atoms with Crippen molar-refractivity contribution in [1.29, 1.82) is 0 Å².